The highest BCUT2D eigenvalue weighted by Crippen LogP contribution is 2.43. The number of carbonyl (C=O) groups excluding carboxylic acids is 2. The molecule has 2 amide bonds. The largest absolute Gasteiger partial charge is 0.429 e. The van der Waals surface area contributed by atoms with Crippen LogP contribution in [0.2, 0.25) is 5.02 Å². The molecule has 2 atom stereocenters. The number of nitrogens with one attached hydrogen (secondary N) is 2. The van der Waals surface area contributed by atoms with Crippen molar-refractivity contribution in [2.45, 2.75) is 31.7 Å². The third-order valence-corrected chi connectivity index (χ3v) is 6.40. The first kappa shape index (κ1) is 28.5. The third kappa shape index (κ3) is 6.69. The van der Waals surface area contributed by atoms with Crippen LogP contribution in [0.3, 0.4) is 0 Å². The van der Waals surface area contributed by atoms with E-state index in [9.17, 15) is 40.0 Å². The summed E-state index contributed by atoms with van der Waals surface area (Å²) in [6.07, 6.45) is -4.50. The van der Waals surface area contributed by atoms with Crippen LogP contribution < -0.4 is 10.6 Å². The predicted octanol–water partition coefficient (Wildman–Crippen LogP) is 4.76. The Kier molecular flexibility index (Phi) is 8.54. The maximum absolute atomic E-state index is 14.3. The maximum Gasteiger partial charge on any atom is 0.429 e. The van der Waals surface area contributed by atoms with Gasteiger partial charge in [0.05, 0.1) is 21.9 Å². The van der Waals surface area contributed by atoms with E-state index in [0.29, 0.717) is 6.07 Å². The first-order chi connectivity index (χ1) is 16.0. The topological polar surface area (TPSA) is 92.3 Å². The highest BCUT2D eigenvalue weighted by molar-refractivity contribution is 7.90. The van der Waals surface area contributed by atoms with Crippen LogP contribution in [0.4, 0.5) is 27.6 Å². The van der Waals surface area contributed by atoms with Crippen molar-refractivity contribution in [1.82, 2.24) is 5.32 Å². The first-order valence-electron chi connectivity index (χ1n) is 10.0. The molecule has 192 valence electrons. The summed E-state index contributed by atoms with van der Waals surface area (Å²) in [6, 6.07) is 5.63. The number of benzene rings is 2. The summed E-state index contributed by atoms with van der Waals surface area (Å²) in [4.78, 5) is 25.6. The number of anilines is 1. The van der Waals surface area contributed by atoms with E-state index in [1.807, 2.05) is 0 Å². The van der Waals surface area contributed by atoms with Gasteiger partial charge in [-0.25, -0.2) is 17.2 Å². The Hall–Kier alpha value is -2.73. The summed E-state index contributed by atoms with van der Waals surface area (Å²) in [5, 5.41) is 4.74. The Morgan fingerprint density at radius 1 is 1.09 bits per heavy atom. The van der Waals surface area contributed by atoms with Gasteiger partial charge >= 0.3 is 6.18 Å². The van der Waals surface area contributed by atoms with Gasteiger partial charge in [-0.05, 0) is 37.6 Å². The van der Waals surface area contributed by atoms with E-state index in [1.54, 1.807) is 0 Å². The molecule has 2 aromatic rings. The van der Waals surface area contributed by atoms with Crippen molar-refractivity contribution < 1.29 is 40.0 Å². The molecule has 2 N–H and O–H groups in total. The van der Waals surface area contributed by atoms with E-state index in [0.717, 1.165) is 18.4 Å². The van der Waals surface area contributed by atoms with Crippen LogP contribution in [-0.4, -0.2) is 51.1 Å². The van der Waals surface area contributed by atoms with Crippen molar-refractivity contribution in [1.29, 1.82) is 0 Å². The smallest absolute Gasteiger partial charge is 0.348 e. The van der Waals surface area contributed by atoms with E-state index < -0.39 is 51.8 Å². The Morgan fingerprint density at radius 2 is 1.71 bits per heavy atom. The number of amides is 2. The minimum Gasteiger partial charge on any atom is -0.348 e. The third-order valence-electron chi connectivity index (χ3n) is 4.98. The van der Waals surface area contributed by atoms with Gasteiger partial charge in [0.25, 0.3) is 17.5 Å². The molecule has 0 spiro atoms. The lowest BCUT2D eigenvalue weighted by molar-refractivity contribution is -0.240. The fourth-order valence-electron chi connectivity index (χ4n) is 3.29. The van der Waals surface area contributed by atoms with E-state index in [2.05, 4.69) is 10.6 Å². The number of carbonyl (C=O) groups is 2. The molecule has 2 aromatic carbocycles. The molecule has 35 heavy (non-hydrogen) atoms. The first-order valence-corrected chi connectivity index (χ1v) is 12.4. The van der Waals surface area contributed by atoms with Gasteiger partial charge in [0, 0.05) is 23.5 Å². The highest BCUT2D eigenvalue weighted by Gasteiger charge is 2.57. The Labute approximate surface area is 203 Å². The molecular weight excluding hydrogens is 519 g/mol. The van der Waals surface area contributed by atoms with Crippen molar-refractivity contribution in [3.05, 3.63) is 63.7 Å². The zero-order valence-corrected chi connectivity index (χ0v) is 20.3. The van der Waals surface area contributed by atoms with Gasteiger partial charge in [-0.3, -0.25) is 9.59 Å². The van der Waals surface area contributed by atoms with Crippen LogP contribution in [0.1, 0.15) is 38.8 Å². The van der Waals surface area contributed by atoms with E-state index in [-0.39, 0.29) is 33.2 Å². The van der Waals surface area contributed by atoms with Gasteiger partial charge in [0.2, 0.25) is 0 Å². The van der Waals surface area contributed by atoms with E-state index in [1.165, 1.54) is 32.0 Å². The lowest BCUT2D eigenvalue weighted by atomic mass is 9.94. The van der Waals surface area contributed by atoms with Gasteiger partial charge in [-0.2, -0.15) is 13.2 Å². The van der Waals surface area contributed by atoms with Crippen molar-refractivity contribution in [3.8, 4) is 0 Å². The normalized spacial score (nSPS) is 14.7. The second kappa shape index (κ2) is 10.5. The molecule has 6 nitrogen and oxygen atoms in total. The molecule has 0 aromatic heterocycles. The molecular formula is C22H22ClF5N2O4S. The summed E-state index contributed by atoms with van der Waals surface area (Å²) in [6.45, 7) is 0.413. The summed E-state index contributed by atoms with van der Waals surface area (Å²) in [5.41, 5.74) is -5.64. The fourth-order valence-corrected chi connectivity index (χ4v) is 4.54. The summed E-state index contributed by atoms with van der Waals surface area (Å²) < 4.78 is 89.3. The molecule has 0 bridgehead atoms. The number of hydrogen-bond donors (Lipinski definition) is 2. The molecule has 0 aliphatic carbocycles. The van der Waals surface area contributed by atoms with Gasteiger partial charge in [-0.1, -0.05) is 29.8 Å². The van der Waals surface area contributed by atoms with E-state index >= 15 is 0 Å². The molecule has 1 unspecified atom stereocenters. The quantitative estimate of drug-likeness (QED) is 0.472. The molecule has 0 fully saturated rings. The highest BCUT2D eigenvalue weighted by atomic mass is 35.5. The Bertz CT molecular complexity index is 1240. The lowest BCUT2D eigenvalue weighted by Crippen LogP contribution is -2.40. The van der Waals surface area contributed by atoms with Crippen molar-refractivity contribution in [3.63, 3.8) is 0 Å². The van der Waals surface area contributed by atoms with Crippen LogP contribution >= 0.6 is 11.6 Å². The minimum atomic E-state index is -5.49. The molecule has 0 aliphatic heterocycles. The van der Waals surface area contributed by atoms with Crippen LogP contribution in [0.15, 0.2) is 36.4 Å². The lowest BCUT2D eigenvalue weighted by Gasteiger charge is -2.26. The van der Waals surface area contributed by atoms with Gasteiger partial charge < -0.3 is 10.6 Å². The maximum atomic E-state index is 14.3. The van der Waals surface area contributed by atoms with Crippen LogP contribution in [0, 0.1) is 6.92 Å². The van der Waals surface area contributed by atoms with Gasteiger partial charge in [0.15, 0.2) is 0 Å². The van der Waals surface area contributed by atoms with Crippen molar-refractivity contribution in [2.75, 3.05) is 24.0 Å². The van der Waals surface area contributed by atoms with Crippen molar-refractivity contribution >= 4 is 38.9 Å². The van der Waals surface area contributed by atoms with Crippen LogP contribution in [-0.2, 0) is 15.5 Å². The zero-order valence-electron chi connectivity index (χ0n) is 18.8. The summed E-state index contributed by atoms with van der Waals surface area (Å²) in [7, 11) is -3.41. The average molecular weight is 541 g/mol. The zero-order chi connectivity index (χ0) is 26.8. The molecule has 0 radical (unpaired) electrons. The number of hydrogen-bond acceptors (Lipinski definition) is 4. The number of halogens is 6. The molecule has 0 saturated heterocycles. The standard InChI is InChI=1S/C22H22ClF5N2O4S/c1-12-9-14(21(25,11-24)22(26,27)28)7-8-17(12)30-19(31)15-5-4-6-16(23)18(15)20(32)29-13(2)10-35(3,33)34/h4-9,13H,10-11H2,1-3H3,(H,29,32)(H,30,31)/t13-,21?/m0/s1. The van der Waals surface area contributed by atoms with Crippen molar-refractivity contribution in [2.24, 2.45) is 0 Å². The summed E-state index contributed by atoms with van der Waals surface area (Å²) >= 11 is 6.11. The SMILES string of the molecule is Cc1cc(C(F)(CF)C(F)(F)F)ccc1NC(=O)c1cccc(Cl)c1C(=O)N[C@@H](C)CS(C)(=O)=O. The van der Waals surface area contributed by atoms with Gasteiger partial charge in [-0.15, -0.1) is 0 Å². The van der Waals surface area contributed by atoms with Gasteiger partial charge in [0.1, 0.15) is 16.5 Å². The van der Waals surface area contributed by atoms with Crippen LogP contribution in [0.5, 0.6) is 0 Å². The fraction of sp³-hybridized carbons (Fsp3) is 0.364. The predicted molar refractivity (Wildman–Crippen MR) is 122 cm³/mol. The molecule has 0 aliphatic rings. The molecule has 0 saturated carbocycles. The number of alkyl halides is 5. The molecule has 2 rings (SSSR count). The Balaban J connectivity index is 2.35. The summed E-state index contributed by atoms with van der Waals surface area (Å²) in [5.74, 6) is -2.04. The monoisotopic (exact) mass is 540 g/mol. The second-order valence-electron chi connectivity index (χ2n) is 8.05. The van der Waals surface area contributed by atoms with E-state index in [4.69, 9.17) is 11.6 Å². The average Bonchev–Trinajstić information content (AvgIpc) is 2.71. The number of aryl methyl sites for hydroxylation is 1. The number of sulfone groups is 1. The minimum absolute atomic E-state index is 0.00498. The second-order valence-corrected chi connectivity index (χ2v) is 10.6. The van der Waals surface area contributed by atoms with Crippen LogP contribution in [0.25, 0.3) is 0 Å². The molecule has 0 heterocycles. The number of rotatable bonds is 8. The Morgan fingerprint density at radius 3 is 2.23 bits per heavy atom. The molecule has 13 heteroatoms.